The van der Waals surface area contributed by atoms with Crippen LogP contribution in [-0.2, 0) is 16.1 Å². The highest BCUT2D eigenvalue weighted by Crippen LogP contribution is 2.31. The summed E-state index contributed by atoms with van der Waals surface area (Å²) in [5.74, 6) is -0.221. The summed E-state index contributed by atoms with van der Waals surface area (Å²) in [6, 6.07) is 23.2. The number of anilines is 2. The molecule has 3 aromatic rings. The summed E-state index contributed by atoms with van der Waals surface area (Å²) in [6.45, 7) is 2.03. The Morgan fingerprint density at radius 3 is 2.61 bits per heavy atom. The highest BCUT2D eigenvalue weighted by atomic mass is 16.5. The number of hydrogen-bond acceptors (Lipinski definition) is 4. The molecule has 7 nitrogen and oxygen atoms in total. The zero-order valence-corrected chi connectivity index (χ0v) is 18.3. The molecule has 3 aromatic carbocycles. The first-order valence-electron chi connectivity index (χ1n) is 10.8. The standard InChI is InChI=1S/C26H25N3O4/c1-18-14-24(30)28-22-12-5-6-13-23(22)29(18)25(31)17-33-21-11-7-10-20(15-21)26(32)27-16-19-8-3-2-4-9-19/h2-13,15,18H,14,16-17H2,1H3,(H,27,32)(H,28,30). The number of hydrogen-bond donors (Lipinski definition) is 2. The lowest BCUT2D eigenvalue weighted by atomic mass is 10.1. The van der Waals surface area contributed by atoms with Crippen molar-refractivity contribution < 1.29 is 19.1 Å². The minimum atomic E-state index is -0.320. The molecule has 7 heteroatoms. The van der Waals surface area contributed by atoms with Crippen molar-refractivity contribution in [3.63, 3.8) is 0 Å². The fourth-order valence-electron chi connectivity index (χ4n) is 3.79. The van der Waals surface area contributed by atoms with Crippen LogP contribution in [0, 0.1) is 0 Å². The lowest BCUT2D eigenvalue weighted by Crippen LogP contribution is -2.41. The zero-order chi connectivity index (χ0) is 23.2. The smallest absolute Gasteiger partial charge is 0.265 e. The summed E-state index contributed by atoms with van der Waals surface area (Å²) in [5, 5.41) is 5.72. The van der Waals surface area contributed by atoms with Crippen molar-refractivity contribution in [2.24, 2.45) is 0 Å². The van der Waals surface area contributed by atoms with Crippen LogP contribution in [0.2, 0.25) is 0 Å². The van der Waals surface area contributed by atoms with Gasteiger partial charge in [-0.25, -0.2) is 0 Å². The number of nitrogens with one attached hydrogen (secondary N) is 2. The van der Waals surface area contributed by atoms with E-state index in [-0.39, 0.29) is 36.8 Å². The molecule has 1 aliphatic heterocycles. The van der Waals surface area contributed by atoms with Crippen LogP contribution >= 0.6 is 0 Å². The van der Waals surface area contributed by atoms with Gasteiger partial charge in [-0.2, -0.15) is 0 Å². The third kappa shape index (κ3) is 5.38. The fraction of sp³-hybridized carbons (Fsp3) is 0.192. The number of ether oxygens (including phenoxy) is 1. The molecule has 33 heavy (non-hydrogen) atoms. The van der Waals surface area contributed by atoms with Crippen LogP contribution < -0.4 is 20.3 Å². The van der Waals surface area contributed by atoms with Crippen molar-refractivity contribution in [3.05, 3.63) is 90.0 Å². The van der Waals surface area contributed by atoms with Crippen LogP contribution in [0.3, 0.4) is 0 Å². The topological polar surface area (TPSA) is 87.7 Å². The largest absolute Gasteiger partial charge is 0.484 e. The maximum atomic E-state index is 13.1. The number of para-hydroxylation sites is 2. The molecule has 1 unspecified atom stereocenters. The third-order valence-corrected chi connectivity index (χ3v) is 5.38. The molecule has 0 saturated heterocycles. The molecule has 0 fully saturated rings. The quantitative estimate of drug-likeness (QED) is 0.607. The summed E-state index contributed by atoms with van der Waals surface area (Å²) >= 11 is 0. The second-order valence-electron chi connectivity index (χ2n) is 7.87. The van der Waals surface area contributed by atoms with E-state index in [9.17, 15) is 14.4 Å². The SMILES string of the molecule is CC1CC(=O)Nc2ccccc2N1C(=O)COc1cccc(C(=O)NCc2ccccc2)c1. The number of nitrogens with zero attached hydrogens (tertiary/aromatic N) is 1. The average molecular weight is 444 g/mol. The third-order valence-electron chi connectivity index (χ3n) is 5.38. The van der Waals surface area contributed by atoms with Gasteiger partial charge in [0.15, 0.2) is 6.61 Å². The van der Waals surface area contributed by atoms with Gasteiger partial charge >= 0.3 is 0 Å². The Hall–Kier alpha value is -4.13. The molecule has 0 bridgehead atoms. The Morgan fingerprint density at radius 2 is 1.79 bits per heavy atom. The summed E-state index contributed by atoms with van der Waals surface area (Å²) in [4.78, 5) is 39.3. The van der Waals surface area contributed by atoms with Crippen molar-refractivity contribution in [1.29, 1.82) is 0 Å². The van der Waals surface area contributed by atoms with E-state index in [4.69, 9.17) is 4.74 Å². The van der Waals surface area contributed by atoms with Gasteiger partial charge in [0.05, 0.1) is 11.4 Å². The molecule has 4 rings (SSSR count). The van der Waals surface area contributed by atoms with Crippen LogP contribution in [0.4, 0.5) is 11.4 Å². The Bertz CT molecular complexity index is 1160. The van der Waals surface area contributed by atoms with Gasteiger partial charge in [0.25, 0.3) is 11.8 Å². The van der Waals surface area contributed by atoms with E-state index >= 15 is 0 Å². The van der Waals surface area contributed by atoms with E-state index in [1.807, 2.05) is 49.4 Å². The molecule has 0 aromatic heterocycles. The number of carbonyl (C=O) groups excluding carboxylic acids is 3. The molecule has 1 heterocycles. The molecule has 1 aliphatic rings. The molecular formula is C26H25N3O4. The van der Waals surface area contributed by atoms with Gasteiger partial charge in [-0.1, -0.05) is 48.5 Å². The summed E-state index contributed by atoms with van der Waals surface area (Å²) in [5.41, 5.74) is 2.68. The second-order valence-corrected chi connectivity index (χ2v) is 7.87. The van der Waals surface area contributed by atoms with Gasteiger partial charge in [0.2, 0.25) is 5.91 Å². The monoisotopic (exact) mass is 443 g/mol. The van der Waals surface area contributed by atoms with Gasteiger partial charge in [-0.15, -0.1) is 0 Å². The molecule has 0 aliphatic carbocycles. The van der Waals surface area contributed by atoms with Gasteiger partial charge in [-0.05, 0) is 42.8 Å². The van der Waals surface area contributed by atoms with E-state index in [1.54, 1.807) is 41.3 Å². The minimum absolute atomic E-state index is 0.139. The van der Waals surface area contributed by atoms with Crippen molar-refractivity contribution in [2.75, 3.05) is 16.8 Å². The summed E-state index contributed by atoms with van der Waals surface area (Å²) in [6.07, 6.45) is 0.192. The van der Waals surface area contributed by atoms with E-state index in [0.717, 1.165) is 5.56 Å². The highest BCUT2D eigenvalue weighted by molar-refractivity contribution is 6.04. The zero-order valence-electron chi connectivity index (χ0n) is 18.3. The fourth-order valence-corrected chi connectivity index (χ4v) is 3.79. The number of carbonyl (C=O) groups is 3. The van der Waals surface area contributed by atoms with Crippen LogP contribution in [0.1, 0.15) is 29.3 Å². The predicted molar refractivity (Wildman–Crippen MR) is 126 cm³/mol. The number of benzene rings is 3. The Balaban J connectivity index is 1.41. The maximum Gasteiger partial charge on any atom is 0.265 e. The van der Waals surface area contributed by atoms with E-state index in [1.165, 1.54) is 0 Å². The molecule has 3 amide bonds. The van der Waals surface area contributed by atoms with Crippen LogP contribution in [-0.4, -0.2) is 30.4 Å². The van der Waals surface area contributed by atoms with E-state index < -0.39 is 0 Å². The number of rotatable bonds is 6. The number of amides is 3. The number of fused-ring (bicyclic) bond motifs is 1. The van der Waals surface area contributed by atoms with Crippen LogP contribution in [0.5, 0.6) is 5.75 Å². The van der Waals surface area contributed by atoms with Gasteiger partial charge in [0.1, 0.15) is 5.75 Å². The maximum absolute atomic E-state index is 13.1. The first kappa shape index (κ1) is 22.1. The highest BCUT2D eigenvalue weighted by Gasteiger charge is 2.29. The Labute approximate surface area is 192 Å². The first-order chi connectivity index (χ1) is 16.0. The van der Waals surface area contributed by atoms with Gasteiger partial charge in [-0.3, -0.25) is 14.4 Å². The average Bonchev–Trinajstić information content (AvgIpc) is 2.96. The molecule has 0 saturated carbocycles. The van der Waals surface area contributed by atoms with Crippen molar-refractivity contribution in [1.82, 2.24) is 5.32 Å². The molecule has 168 valence electrons. The van der Waals surface area contributed by atoms with Crippen molar-refractivity contribution in [2.45, 2.75) is 25.9 Å². The van der Waals surface area contributed by atoms with Gasteiger partial charge < -0.3 is 20.3 Å². The second kappa shape index (κ2) is 9.99. The lowest BCUT2D eigenvalue weighted by molar-refractivity contribution is -0.121. The van der Waals surface area contributed by atoms with E-state index in [2.05, 4.69) is 10.6 Å². The van der Waals surface area contributed by atoms with Crippen molar-refractivity contribution >= 4 is 29.1 Å². The minimum Gasteiger partial charge on any atom is -0.484 e. The summed E-state index contributed by atoms with van der Waals surface area (Å²) in [7, 11) is 0. The summed E-state index contributed by atoms with van der Waals surface area (Å²) < 4.78 is 5.73. The molecule has 0 spiro atoms. The molecule has 0 radical (unpaired) electrons. The van der Waals surface area contributed by atoms with Gasteiger partial charge in [0, 0.05) is 24.6 Å². The predicted octanol–water partition coefficient (Wildman–Crippen LogP) is 3.76. The first-order valence-corrected chi connectivity index (χ1v) is 10.8. The van der Waals surface area contributed by atoms with Crippen molar-refractivity contribution in [3.8, 4) is 5.75 Å². The van der Waals surface area contributed by atoms with Crippen LogP contribution in [0.25, 0.3) is 0 Å². The van der Waals surface area contributed by atoms with E-state index in [0.29, 0.717) is 29.2 Å². The molecular weight excluding hydrogens is 418 g/mol. The molecule has 1 atom stereocenters. The lowest BCUT2D eigenvalue weighted by Gasteiger charge is -2.27. The normalized spacial score (nSPS) is 15.1. The van der Waals surface area contributed by atoms with Crippen LogP contribution in [0.15, 0.2) is 78.9 Å². The molecule has 2 N–H and O–H groups in total. The Kier molecular flexibility index (Phi) is 6.69. The Morgan fingerprint density at radius 1 is 1.03 bits per heavy atom.